The van der Waals surface area contributed by atoms with Gasteiger partial charge in [0.1, 0.15) is 13.2 Å². The van der Waals surface area contributed by atoms with E-state index in [4.69, 9.17) is 14.2 Å². The fourth-order valence-electron chi connectivity index (χ4n) is 9.48. The number of hydrogen-bond acceptors (Lipinski definition) is 6. The standard InChI is InChI=1S/C77H128O6/c1-4-7-10-13-16-19-22-24-26-28-30-32-34-36-38-40-42-44-46-48-50-52-55-58-61-64-67-70-76(79)82-73-74(72-81-75(78)69-66-63-60-57-54-21-18-15-12-9-6-3)83-77(80)71-68-65-62-59-56-53-51-49-47-45-43-41-39-37-35-33-31-29-27-25-23-20-17-14-11-8-5-2/h7-8,10-11,15-20,24-27,30-33,36,38,42,44,74H,4-6,9,12-14,21-23,28-29,34-35,37,39-41,43,45-73H2,1-3H3/b10-7-,11-8-,18-15-,19-16-,20-17-,26-24-,27-25-,32-30-,33-31-,38-36-,44-42-. The molecular weight excluding hydrogens is 1020 g/mol. The van der Waals surface area contributed by atoms with Crippen LogP contribution < -0.4 is 0 Å². The second-order valence-electron chi connectivity index (χ2n) is 22.7. The van der Waals surface area contributed by atoms with Gasteiger partial charge in [-0.25, -0.2) is 0 Å². The Balaban J connectivity index is 4.27. The summed E-state index contributed by atoms with van der Waals surface area (Å²) in [5.41, 5.74) is 0. The Morgan fingerprint density at radius 1 is 0.253 bits per heavy atom. The van der Waals surface area contributed by atoms with Gasteiger partial charge in [0.05, 0.1) is 0 Å². The molecule has 0 aromatic rings. The molecule has 0 radical (unpaired) electrons. The van der Waals surface area contributed by atoms with Crippen molar-refractivity contribution >= 4 is 17.9 Å². The molecule has 0 amide bonds. The summed E-state index contributed by atoms with van der Waals surface area (Å²) in [7, 11) is 0. The number of carbonyl (C=O) groups excluding carboxylic acids is 3. The molecule has 0 fully saturated rings. The van der Waals surface area contributed by atoms with Crippen molar-refractivity contribution in [1.82, 2.24) is 0 Å². The van der Waals surface area contributed by atoms with E-state index in [1.165, 1.54) is 141 Å². The largest absolute Gasteiger partial charge is 0.462 e. The molecule has 0 aliphatic carbocycles. The predicted molar refractivity (Wildman–Crippen MR) is 362 cm³/mol. The zero-order chi connectivity index (χ0) is 59.9. The average Bonchev–Trinajstić information content (AvgIpc) is 3.48. The van der Waals surface area contributed by atoms with Crippen molar-refractivity contribution in [2.45, 2.75) is 322 Å². The maximum Gasteiger partial charge on any atom is 0.306 e. The fraction of sp³-hybridized carbons (Fsp3) is 0.675. The van der Waals surface area contributed by atoms with Crippen LogP contribution in [0.4, 0.5) is 0 Å². The minimum absolute atomic E-state index is 0.0864. The summed E-state index contributed by atoms with van der Waals surface area (Å²) in [6.45, 7) is 6.38. The number of rotatable bonds is 62. The highest BCUT2D eigenvalue weighted by molar-refractivity contribution is 5.71. The van der Waals surface area contributed by atoms with Crippen LogP contribution in [0.5, 0.6) is 0 Å². The van der Waals surface area contributed by atoms with Crippen molar-refractivity contribution in [1.29, 1.82) is 0 Å². The van der Waals surface area contributed by atoms with Gasteiger partial charge in [-0.1, -0.05) is 302 Å². The van der Waals surface area contributed by atoms with Crippen LogP contribution in [0.3, 0.4) is 0 Å². The Morgan fingerprint density at radius 2 is 0.470 bits per heavy atom. The summed E-state index contributed by atoms with van der Waals surface area (Å²) in [5.74, 6) is -0.897. The van der Waals surface area contributed by atoms with Crippen LogP contribution in [-0.2, 0) is 28.6 Å². The number of carbonyl (C=O) groups is 3. The Bertz CT molecular complexity index is 1750. The second-order valence-corrected chi connectivity index (χ2v) is 22.7. The van der Waals surface area contributed by atoms with E-state index in [0.29, 0.717) is 19.3 Å². The van der Waals surface area contributed by atoms with E-state index < -0.39 is 6.10 Å². The lowest BCUT2D eigenvalue weighted by atomic mass is 10.0. The summed E-state index contributed by atoms with van der Waals surface area (Å²) in [4.78, 5) is 38.4. The third-order valence-electron chi connectivity index (χ3n) is 14.6. The van der Waals surface area contributed by atoms with Gasteiger partial charge in [-0.05, 0) is 128 Å². The molecule has 0 rings (SSSR count). The van der Waals surface area contributed by atoms with Gasteiger partial charge >= 0.3 is 17.9 Å². The third-order valence-corrected chi connectivity index (χ3v) is 14.6. The molecule has 0 saturated carbocycles. The molecule has 0 N–H and O–H groups in total. The molecule has 1 unspecified atom stereocenters. The lowest BCUT2D eigenvalue weighted by Crippen LogP contribution is -2.30. The molecule has 0 aliphatic rings. The summed E-state index contributed by atoms with van der Waals surface area (Å²) in [6.07, 6.45) is 99.0. The third kappa shape index (κ3) is 68.2. The zero-order valence-electron chi connectivity index (χ0n) is 54.2. The molecular formula is C77H128O6. The number of ether oxygens (including phenoxy) is 3. The van der Waals surface area contributed by atoms with Crippen molar-refractivity contribution in [2.75, 3.05) is 13.2 Å². The Morgan fingerprint density at radius 3 is 0.747 bits per heavy atom. The first kappa shape index (κ1) is 78.5. The summed E-state index contributed by atoms with van der Waals surface area (Å²) in [6, 6.07) is 0. The molecule has 0 aromatic heterocycles. The first-order valence-corrected chi connectivity index (χ1v) is 34.7. The molecule has 1 atom stereocenters. The summed E-state index contributed by atoms with van der Waals surface area (Å²) in [5, 5.41) is 0. The number of allylic oxidation sites excluding steroid dienone is 22. The van der Waals surface area contributed by atoms with Crippen LogP contribution in [0.1, 0.15) is 316 Å². The van der Waals surface area contributed by atoms with E-state index in [1.807, 2.05) is 0 Å². The van der Waals surface area contributed by atoms with Gasteiger partial charge in [0.15, 0.2) is 6.10 Å². The van der Waals surface area contributed by atoms with Crippen LogP contribution in [0.25, 0.3) is 0 Å². The molecule has 0 bridgehead atoms. The minimum atomic E-state index is -0.790. The minimum Gasteiger partial charge on any atom is -0.462 e. The maximum absolute atomic E-state index is 12.9. The topological polar surface area (TPSA) is 78.9 Å². The highest BCUT2D eigenvalue weighted by Crippen LogP contribution is 2.16. The first-order chi connectivity index (χ1) is 41.0. The number of esters is 3. The van der Waals surface area contributed by atoms with Crippen molar-refractivity contribution < 1.29 is 28.6 Å². The van der Waals surface area contributed by atoms with E-state index in [1.54, 1.807) is 0 Å². The van der Waals surface area contributed by atoms with E-state index in [-0.39, 0.29) is 31.1 Å². The summed E-state index contributed by atoms with van der Waals surface area (Å²) >= 11 is 0. The highest BCUT2D eigenvalue weighted by Gasteiger charge is 2.19. The van der Waals surface area contributed by atoms with Gasteiger partial charge in [-0.15, -0.1) is 0 Å². The Labute approximate surface area is 513 Å². The van der Waals surface area contributed by atoms with Crippen molar-refractivity contribution in [2.24, 2.45) is 0 Å². The fourth-order valence-corrected chi connectivity index (χ4v) is 9.48. The van der Waals surface area contributed by atoms with Crippen molar-refractivity contribution in [3.05, 3.63) is 134 Å². The predicted octanol–water partition coefficient (Wildman–Crippen LogP) is 24.1. The normalized spacial score (nSPS) is 13.0. The molecule has 6 nitrogen and oxygen atoms in total. The van der Waals surface area contributed by atoms with Crippen LogP contribution in [0.2, 0.25) is 0 Å². The van der Waals surface area contributed by atoms with Crippen LogP contribution in [0, 0.1) is 0 Å². The van der Waals surface area contributed by atoms with Crippen LogP contribution in [0.15, 0.2) is 134 Å². The van der Waals surface area contributed by atoms with E-state index in [0.717, 1.165) is 135 Å². The zero-order valence-corrected chi connectivity index (χ0v) is 54.2. The molecule has 0 saturated heterocycles. The second kappa shape index (κ2) is 70.0. The lowest BCUT2D eigenvalue weighted by molar-refractivity contribution is -0.167. The van der Waals surface area contributed by atoms with Crippen molar-refractivity contribution in [3.63, 3.8) is 0 Å². The van der Waals surface area contributed by atoms with Gasteiger partial charge in [-0.3, -0.25) is 14.4 Å². The quantitative estimate of drug-likeness (QED) is 0.0261. The molecule has 0 aromatic carbocycles. The van der Waals surface area contributed by atoms with Gasteiger partial charge in [0.25, 0.3) is 0 Å². The molecule has 6 heteroatoms. The van der Waals surface area contributed by atoms with Crippen LogP contribution in [-0.4, -0.2) is 37.2 Å². The SMILES string of the molecule is CC/C=C\C/C=C\C/C=C\C/C=C\C/C=C\C/C=C\CCCCCCCCCCC(=O)OCC(COC(=O)CCCCCCC/C=C\CCCC)OC(=O)CCCCCCCCCCCCCCCC/C=C\C/C=C\C/C=C\C/C=C\CC. The molecule has 83 heavy (non-hydrogen) atoms. The van der Waals surface area contributed by atoms with Gasteiger partial charge in [0.2, 0.25) is 0 Å². The van der Waals surface area contributed by atoms with Crippen LogP contribution >= 0.6 is 0 Å². The van der Waals surface area contributed by atoms with Gasteiger partial charge in [-0.2, -0.15) is 0 Å². The molecule has 0 aliphatic heterocycles. The number of unbranched alkanes of at least 4 members (excludes halogenated alkanes) is 29. The molecule has 0 spiro atoms. The molecule has 472 valence electrons. The molecule has 0 heterocycles. The van der Waals surface area contributed by atoms with E-state index in [9.17, 15) is 14.4 Å². The Hall–Kier alpha value is -4.45. The highest BCUT2D eigenvalue weighted by atomic mass is 16.6. The monoisotopic (exact) mass is 1150 g/mol. The average molecular weight is 1150 g/mol. The van der Waals surface area contributed by atoms with E-state index >= 15 is 0 Å². The first-order valence-electron chi connectivity index (χ1n) is 34.7. The van der Waals surface area contributed by atoms with Gasteiger partial charge in [0, 0.05) is 19.3 Å². The Kier molecular flexibility index (Phi) is 66.3. The maximum atomic E-state index is 12.9. The number of hydrogen-bond donors (Lipinski definition) is 0. The van der Waals surface area contributed by atoms with Gasteiger partial charge < -0.3 is 14.2 Å². The van der Waals surface area contributed by atoms with Crippen molar-refractivity contribution in [3.8, 4) is 0 Å². The lowest BCUT2D eigenvalue weighted by Gasteiger charge is -2.18. The van der Waals surface area contributed by atoms with E-state index in [2.05, 4.69) is 154 Å². The smallest absolute Gasteiger partial charge is 0.306 e. The summed E-state index contributed by atoms with van der Waals surface area (Å²) < 4.78 is 16.9.